The maximum Gasteiger partial charge on any atom is 0.261 e. The highest BCUT2D eigenvalue weighted by Crippen LogP contribution is 2.23. The lowest BCUT2D eigenvalue weighted by Crippen LogP contribution is -2.21. The minimum absolute atomic E-state index is 0.00118. The summed E-state index contributed by atoms with van der Waals surface area (Å²) in [6.07, 6.45) is 2.14. The van der Waals surface area contributed by atoms with Crippen molar-refractivity contribution >= 4 is 17.2 Å². The van der Waals surface area contributed by atoms with E-state index in [2.05, 4.69) is 19.2 Å². The fourth-order valence-corrected chi connectivity index (χ4v) is 3.15. The predicted molar refractivity (Wildman–Crippen MR) is 87.2 cm³/mol. The molecule has 2 rings (SSSR count). The second-order valence-corrected chi connectivity index (χ2v) is 6.23. The van der Waals surface area contributed by atoms with E-state index in [9.17, 15) is 4.79 Å². The van der Waals surface area contributed by atoms with E-state index in [1.54, 1.807) is 18.4 Å². The lowest BCUT2D eigenvalue weighted by atomic mass is 10.1. The van der Waals surface area contributed by atoms with E-state index in [4.69, 9.17) is 4.74 Å². The number of carbonyl (C=O) groups excluding carboxylic acids is 1. The molecule has 0 saturated heterocycles. The Morgan fingerprint density at radius 3 is 2.62 bits per heavy atom. The zero-order chi connectivity index (χ0) is 15.2. The van der Waals surface area contributed by atoms with Gasteiger partial charge in [-0.3, -0.25) is 4.79 Å². The van der Waals surface area contributed by atoms with Crippen molar-refractivity contribution in [3.05, 3.63) is 51.2 Å². The van der Waals surface area contributed by atoms with E-state index in [-0.39, 0.29) is 5.91 Å². The molecule has 4 heteroatoms. The van der Waals surface area contributed by atoms with Gasteiger partial charge in [-0.25, -0.2) is 0 Å². The molecule has 1 N–H and O–H groups in total. The van der Waals surface area contributed by atoms with Crippen LogP contribution in [-0.2, 0) is 13.0 Å². The number of amides is 1. The van der Waals surface area contributed by atoms with Crippen molar-refractivity contribution in [2.45, 2.75) is 33.2 Å². The third-order valence-electron chi connectivity index (χ3n) is 3.38. The molecule has 1 aromatic carbocycles. The zero-order valence-corrected chi connectivity index (χ0v) is 13.5. The highest BCUT2D eigenvalue weighted by atomic mass is 32.1. The number of thiophene rings is 1. The molecule has 3 nitrogen and oxygen atoms in total. The molecule has 0 spiro atoms. The molecule has 0 saturated carbocycles. The Balaban J connectivity index is 1.96. The quantitative estimate of drug-likeness (QED) is 0.877. The average molecular weight is 303 g/mol. The van der Waals surface area contributed by atoms with Crippen molar-refractivity contribution in [3.8, 4) is 5.75 Å². The largest absolute Gasteiger partial charge is 0.497 e. The molecular weight excluding hydrogens is 282 g/mol. The predicted octanol–water partition coefficient (Wildman–Crippen LogP) is 3.95. The molecule has 0 fully saturated rings. The van der Waals surface area contributed by atoms with E-state index in [0.717, 1.165) is 29.0 Å². The molecular formula is C17H21NO2S. The molecule has 2 aromatic rings. The fraction of sp³-hybridized carbons (Fsp3) is 0.353. The van der Waals surface area contributed by atoms with Crippen molar-refractivity contribution < 1.29 is 9.53 Å². The van der Waals surface area contributed by atoms with E-state index in [1.807, 2.05) is 30.3 Å². The number of methoxy groups -OCH3 is 1. The number of hydrogen-bond donors (Lipinski definition) is 1. The minimum atomic E-state index is 0.00118. The first kappa shape index (κ1) is 15.6. The van der Waals surface area contributed by atoms with Crippen LogP contribution >= 0.6 is 11.3 Å². The average Bonchev–Trinajstić information content (AvgIpc) is 2.87. The van der Waals surface area contributed by atoms with Crippen LogP contribution in [0.3, 0.4) is 0 Å². The van der Waals surface area contributed by atoms with Crippen LogP contribution in [0.1, 0.15) is 39.0 Å². The lowest BCUT2D eigenvalue weighted by Gasteiger charge is -2.05. The van der Waals surface area contributed by atoms with E-state index >= 15 is 0 Å². The highest BCUT2D eigenvalue weighted by molar-refractivity contribution is 7.14. The molecule has 0 radical (unpaired) electrons. The van der Waals surface area contributed by atoms with Crippen molar-refractivity contribution in [2.24, 2.45) is 0 Å². The molecule has 21 heavy (non-hydrogen) atoms. The van der Waals surface area contributed by atoms with Crippen LogP contribution < -0.4 is 10.1 Å². The van der Waals surface area contributed by atoms with Gasteiger partial charge in [0.15, 0.2) is 0 Å². The van der Waals surface area contributed by atoms with Gasteiger partial charge in [-0.2, -0.15) is 0 Å². The second-order valence-electron chi connectivity index (χ2n) is 4.97. The standard InChI is InChI=1S/C17H21NO2S/c1-4-5-14-10-16(21-12(14)2)17(19)18-11-13-6-8-15(20-3)9-7-13/h6-10H,4-5,11H2,1-3H3,(H,18,19). The third-order valence-corrected chi connectivity index (χ3v) is 4.47. The lowest BCUT2D eigenvalue weighted by molar-refractivity contribution is 0.0955. The summed E-state index contributed by atoms with van der Waals surface area (Å²) in [7, 11) is 1.64. The molecule has 0 aliphatic heterocycles. The highest BCUT2D eigenvalue weighted by Gasteiger charge is 2.11. The van der Waals surface area contributed by atoms with Gasteiger partial charge in [0.25, 0.3) is 5.91 Å². The second kappa shape index (κ2) is 7.27. The van der Waals surface area contributed by atoms with Gasteiger partial charge in [0.1, 0.15) is 5.75 Å². The first-order chi connectivity index (χ1) is 10.1. The Bertz CT molecular complexity index is 602. The number of nitrogens with one attached hydrogen (secondary N) is 1. The maximum atomic E-state index is 12.2. The number of aryl methyl sites for hydroxylation is 2. The summed E-state index contributed by atoms with van der Waals surface area (Å²) in [5.74, 6) is 0.824. The van der Waals surface area contributed by atoms with Crippen LogP contribution in [0.4, 0.5) is 0 Å². The molecule has 0 aliphatic rings. The SMILES string of the molecule is CCCc1cc(C(=O)NCc2ccc(OC)cc2)sc1C. The van der Waals surface area contributed by atoms with Gasteiger partial charge in [0, 0.05) is 11.4 Å². The first-order valence-corrected chi connectivity index (χ1v) is 7.96. The molecule has 112 valence electrons. The van der Waals surface area contributed by atoms with Gasteiger partial charge in [-0.1, -0.05) is 25.5 Å². The van der Waals surface area contributed by atoms with Crippen LogP contribution in [0.15, 0.2) is 30.3 Å². The smallest absolute Gasteiger partial charge is 0.261 e. The van der Waals surface area contributed by atoms with Crippen molar-refractivity contribution in [1.29, 1.82) is 0 Å². The summed E-state index contributed by atoms with van der Waals surface area (Å²) in [4.78, 5) is 14.2. The van der Waals surface area contributed by atoms with Crippen molar-refractivity contribution in [3.63, 3.8) is 0 Å². The Kier molecular flexibility index (Phi) is 5.39. The topological polar surface area (TPSA) is 38.3 Å². The van der Waals surface area contributed by atoms with Crippen molar-refractivity contribution in [1.82, 2.24) is 5.32 Å². The van der Waals surface area contributed by atoms with Crippen LogP contribution in [0.25, 0.3) is 0 Å². The summed E-state index contributed by atoms with van der Waals surface area (Å²) in [5, 5.41) is 2.97. The van der Waals surface area contributed by atoms with Gasteiger partial charge < -0.3 is 10.1 Å². The van der Waals surface area contributed by atoms with Crippen LogP contribution in [0.5, 0.6) is 5.75 Å². The van der Waals surface area contributed by atoms with Crippen LogP contribution in [0.2, 0.25) is 0 Å². The maximum absolute atomic E-state index is 12.2. The van der Waals surface area contributed by atoms with Gasteiger partial charge in [-0.15, -0.1) is 11.3 Å². The Morgan fingerprint density at radius 1 is 1.29 bits per heavy atom. The number of benzene rings is 1. The number of carbonyl (C=O) groups is 1. The summed E-state index contributed by atoms with van der Waals surface area (Å²) >= 11 is 1.57. The Morgan fingerprint density at radius 2 is 2.00 bits per heavy atom. The summed E-state index contributed by atoms with van der Waals surface area (Å²) < 4.78 is 5.12. The van der Waals surface area contributed by atoms with Crippen LogP contribution in [-0.4, -0.2) is 13.0 Å². The van der Waals surface area contributed by atoms with Gasteiger partial charge in [0.2, 0.25) is 0 Å². The first-order valence-electron chi connectivity index (χ1n) is 7.14. The van der Waals surface area contributed by atoms with E-state index < -0.39 is 0 Å². The molecule has 0 unspecified atom stereocenters. The molecule has 0 aliphatic carbocycles. The minimum Gasteiger partial charge on any atom is -0.497 e. The summed E-state index contributed by atoms with van der Waals surface area (Å²) in [5.41, 5.74) is 2.35. The Labute approximate surface area is 130 Å². The van der Waals surface area contributed by atoms with E-state index in [0.29, 0.717) is 6.54 Å². The number of ether oxygens (including phenoxy) is 1. The number of hydrogen-bond acceptors (Lipinski definition) is 3. The molecule has 1 heterocycles. The monoisotopic (exact) mass is 303 g/mol. The summed E-state index contributed by atoms with van der Waals surface area (Å²) in [6.45, 7) is 4.76. The molecule has 0 bridgehead atoms. The van der Waals surface area contributed by atoms with Crippen LogP contribution in [0, 0.1) is 6.92 Å². The van der Waals surface area contributed by atoms with Gasteiger partial charge >= 0.3 is 0 Å². The van der Waals surface area contributed by atoms with E-state index in [1.165, 1.54) is 10.4 Å². The normalized spacial score (nSPS) is 10.4. The third kappa shape index (κ3) is 4.08. The molecule has 1 amide bonds. The molecule has 0 atom stereocenters. The van der Waals surface area contributed by atoms with Crippen molar-refractivity contribution in [2.75, 3.05) is 7.11 Å². The number of rotatable bonds is 6. The summed E-state index contributed by atoms with van der Waals surface area (Å²) in [6, 6.07) is 9.74. The molecule has 1 aromatic heterocycles. The van der Waals surface area contributed by atoms with Gasteiger partial charge in [0.05, 0.1) is 12.0 Å². The fourth-order valence-electron chi connectivity index (χ4n) is 2.16. The zero-order valence-electron chi connectivity index (χ0n) is 12.7. The van der Waals surface area contributed by atoms with Gasteiger partial charge in [-0.05, 0) is 42.7 Å². The Hall–Kier alpha value is -1.81.